The number of nitrogens with zero attached hydrogens (tertiary/aromatic N) is 3. The van der Waals surface area contributed by atoms with Crippen LogP contribution in [0.25, 0.3) is 10.2 Å². The fraction of sp³-hybridized carbons (Fsp3) is 0.333. The largest absolute Gasteiger partial charge is 0.508 e. The minimum Gasteiger partial charge on any atom is -0.508 e. The highest BCUT2D eigenvalue weighted by atomic mass is 32.1. The second kappa shape index (κ2) is 6.16. The SMILES string of the molecule is Oc1ccc(CC2CCCN(c3ncnc4sccc34)C2)cc1. The zero-order valence-electron chi connectivity index (χ0n) is 12.9. The lowest BCUT2D eigenvalue weighted by atomic mass is 9.91. The van der Waals surface area contributed by atoms with E-state index in [9.17, 15) is 5.11 Å². The van der Waals surface area contributed by atoms with Crippen molar-refractivity contribution in [3.8, 4) is 5.75 Å². The summed E-state index contributed by atoms with van der Waals surface area (Å²) in [5.74, 6) is 2.03. The molecule has 0 spiro atoms. The molecule has 23 heavy (non-hydrogen) atoms. The molecule has 4 rings (SSSR count). The lowest BCUT2D eigenvalue weighted by molar-refractivity contribution is 0.411. The van der Waals surface area contributed by atoms with E-state index in [1.807, 2.05) is 12.1 Å². The number of benzene rings is 1. The average Bonchev–Trinajstić information content (AvgIpc) is 3.06. The zero-order valence-corrected chi connectivity index (χ0v) is 13.7. The van der Waals surface area contributed by atoms with Crippen LogP contribution in [0.4, 0.5) is 5.82 Å². The molecule has 5 heteroatoms. The van der Waals surface area contributed by atoms with Gasteiger partial charge in [0, 0.05) is 13.1 Å². The number of thiophene rings is 1. The van der Waals surface area contributed by atoms with Crippen LogP contribution in [-0.2, 0) is 6.42 Å². The highest BCUT2D eigenvalue weighted by Gasteiger charge is 2.22. The second-order valence-electron chi connectivity index (χ2n) is 6.16. The molecule has 3 aromatic rings. The van der Waals surface area contributed by atoms with Crippen LogP contribution in [0.3, 0.4) is 0 Å². The van der Waals surface area contributed by atoms with Gasteiger partial charge in [0.1, 0.15) is 22.7 Å². The molecule has 1 aliphatic rings. The highest BCUT2D eigenvalue weighted by Crippen LogP contribution is 2.30. The molecule has 0 radical (unpaired) electrons. The third kappa shape index (κ3) is 3.01. The summed E-state index contributed by atoms with van der Waals surface area (Å²) < 4.78 is 0. The average molecular weight is 325 g/mol. The maximum absolute atomic E-state index is 9.41. The molecular formula is C18H19N3OS. The Balaban J connectivity index is 1.53. The van der Waals surface area contributed by atoms with Gasteiger partial charge in [-0.15, -0.1) is 11.3 Å². The lowest BCUT2D eigenvalue weighted by Gasteiger charge is -2.34. The van der Waals surface area contributed by atoms with E-state index in [4.69, 9.17) is 0 Å². The summed E-state index contributed by atoms with van der Waals surface area (Å²) in [6.45, 7) is 2.09. The molecule has 1 saturated heterocycles. The number of aromatic hydroxyl groups is 1. The van der Waals surface area contributed by atoms with Crippen LogP contribution in [0.2, 0.25) is 0 Å². The topological polar surface area (TPSA) is 49.2 Å². The first-order chi connectivity index (χ1) is 11.3. The van der Waals surface area contributed by atoms with Crippen LogP contribution in [0.15, 0.2) is 42.0 Å². The third-order valence-corrected chi connectivity index (χ3v) is 5.34. The molecule has 1 fully saturated rings. The summed E-state index contributed by atoms with van der Waals surface area (Å²) in [5.41, 5.74) is 1.29. The van der Waals surface area contributed by atoms with Crippen molar-refractivity contribution < 1.29 is 5.11 Å². The van der Waals surface area contributed by atoms with Crippen molar-refractivity contribution >= 4 is 27.4 Å². The molecule has 2 aromatic heterocycles. The van der Waals surface area contributed by atoms with Gasteiger partial charge in [-0.25, -0.2) is 9.97 Å². The Bertz CT molecular complexity index is 799. The Hall–Kier alpha value is -2.14. The number of rotatable bonds is 3. The molecule has 1 aliphatic heterocycles. The Labute approximate surface area is 139 Å². The van der Waals surface area contributed by atoms with Crippen molar-refractivity contribution in [1.29, 1.82) is 0 Å². The zero-order chi connectivity index (χ0) is 15.6. The fourth-order valence-electron chi connectivity index (χ4n) is 3.42. The maximum atomic E-state index is 9.41. The van der Waals surface area contributed by atoms with Crippen molar-refractivity contribution in [2.24, 2.45) is 5.92 Å². The Morgan fingerprint density at radius 2 is 2.04 bits per heavy atom. The highest BCUT2D eigenvalue weighted by molar-refractivity contribution is 7.16. The first-order valence-corrected chi connectivity index (χ1v) is 8.88. The standard InChI is InChI=1S/C18H19N3OS/c22-15-5-3-13(4-6-15)10-14-2-1-8-21(11-14)17-16-7-9-23-18(16)20-12-19-17/h3-7,9,12,14,22H,1-2,8,10-11H2. The van der Waals surface area contributed by atoms with Crippen LogP contribution in [0.5, 0.6) is 5.75 Å². The summed E-state index contributed by atoms with van der Waals surface area (Å²) >= 11 is 1.67. The Kier molecular flexibility index (Phi) is 3.87. The molecule has 3 heterocycles. The van der Waals surface area contributed by atoms with Crippen LogP contribution < -0.4 is 4.90 Å². The summed E-state index contributed by atoms with van der Waals surface area (Å²) in [7, 11) is 0. The van der Waals surface area contributed by atoms with E-state index in [-0.39, 0.29) is 0 Å². The Morgan fingerprint density at radius 1 is 1.17 bits per heavy atom. The predicted molar refractivity (Wildman–Crippen MR) is 94.2 cm³/mol. The molecule has 1 aromatic carbocycles. The van der Waals surface area contributed by atoms with E-state index in [0.717, 1.165) is 30.2 Å². The molecule has 0 amide bonds. The van der Waals surface area contributed by atoms with Crippen LogP contribution >= 0.6 is 11.3 Å². The van der Waals surface area contributed by atoms with Gasteiger partial charge in [-0.2, -0.15) is 0 Å². The molecule has 0 bridgehead atoms. The minimum absolute atomic E-state index is 0.333. The van der Waals surface area contributed by atoms with Crippen molar-refractivity contribution in [1.82, 2.24) is 9.97 Å². The normalized spacial score (nSPS) is 18.4. The summed E-state index contributed by atoms with van der Waals surface area (Å²) in [4.78, 5) is 12.4. The van der Waals surface area contributed by atoms with E-state index in [0.29, 0.717) is 11.7 Å². The van der Waals surface area contributed by atoms with Gasteiger partial charge in [-0.3, -0.25) is 0 Å². The predicted octanol–water partition coefficient (Wildman–Crippen LogP) is 3.86. The molecule has 1 unspecified atom stereocenters. The van der Waals surface area contributed by atoms with Gasteiger partial charge in [0.05, 0.1) is 5.39 Å². The van der Waals surface area contributed by atoms with Gasteiger partial charge in [0.15, 0.2) is 0 Å². The quantitative estimate of drug-likeness (QED) is 0.794. The van der Waals surface area contributed by atoms with Gasteiger partial charge in [-0.1, -0.05) is 12.1 Å². The molecule has 0 aliphatic carbocycles. The van der Waals surface area contributed by atoms with Crippen LogP contribution in [0, 0.1) is 5.92 Å². The van der Waals surface area contributed by atoms with E-state index in [2.05, 4.69) is 26.3 Å². The summed E-state index contributed by atoms with van der Waals surface area (Å²) in [5, 5.41) is 12.7. The number of aromatic nitrogens is 2. The number of piperidine rings is 1. The van der Waals surface area contributed by atoms with Gasteiger partial charge in [-0.05, 0) is 54.3 Å². The summed E-state index contributed by atoms with van der Waals surface area (Å²) in [6, 6.07) is 9.72. The van der Waals surface area contributed by atoms with Crippen molar-refractivity contribution in [3.63, 3.8) is 0 Å². The number of hydrogen-bond donors (Lipinski definition) is 1. The number of phenols is 1. The first-order valence-electron chi connectivity index (χ1n) is 8.00. The molecular weight excluding hydrogens is 306 g/mol. The van der Waals surface area contributed by atoms with Crippen molar-refractivity contribution in [2.45, 2.75) is 19.3 Å². The maximum Gasteiger partial charge on any atom is 0.140 e. The van der Waals surface area contributed by atoms with E-state index >= 15 is 0 Å². The number of phenolic OH excluding ortho intramolecular Hbond substituents is 1. The lowest BCUT2D eigenvalue weighted by Crippen LogP contribution is -2.36. The molecule has 1 atom stereocenters. The van der Waals surface area contributed by atoms with Gasteiger partial charge in [0.2, 0.25) is 0 Å². The first kappa shape index (κ1) is 14.5. The fourth-order valence-corrected chi connectivity index (χ4v) is 4.15. The van der Waals surface area contributed by atoms with E-state index in [1.54, 1.807) is 29.8 Å². The minimum atomic E-state index is 0.333. The van der Waals surface area contributed by atoms with E-state index < -0.39 is 0 Å². The van der Waals surface area contributed by atoms with Gasteiger partial charge in [0.25, 0.3) is 0 Å². The molecule has 0 saturated carbocycles. The van der Waals surface area contributed by atoms with Crippen LogP contribution in [0.1, 0.15) is 18.4 Å². The van der Waals surface area contributed by atoms with Crippen molar-refractivity contribution in [3.05, 3.63) is 47.6 Å². The van der Waals surface area contributed by atoms with Gasteiger partial charge >= 0.3 is 0 Å². The number of anilines is 1. The monoisotopic (exact) mass is 325 g/mol. The second-order valence-corrected chi connectivity index (χ2v) is 7.06. The summed E-state index contributed by atoms with van der Waals surface area (Å²) in [6.07, 6.45) is 5.17. The smallest absolute Gasteiger partial charge is 0.140 e. The van der Waals surface area contributed by atoms with Crippen LogP contribution in [-0.4, -0.2) is 28.2 Å². The molecule has 1 N–H and O–H groups in total. The molecule has 4 nitrogen and oxygen atoms in total. The third-order valence-electron chi connectivity index (χ3n) is 4.52. The Morgan fingerprint density at radius 3 is 2.91 bits per heavy atom. The van der Waals surface area contributed by atoms with Gasteiger partial charge < -0.3 is 10.0 Å². The number of fused-ring (bicyclic) bond motifs is 1. The van der Waals surface area contributed by atoms with E-state index in [1.165, 1.54) is 23.8 Å². The molecule has 118 valence electrons. The van der Waals surface area contributed by atoms with Crippen molar-refractivity contribution in [2.75, 3.05) is 18.0 Å². The number of hydrogen-bond acceptors (Lipinski definition) is 5.